The molecule has 1 aliphatic rings. The third-order valence-corrected chi connectivity index (χ3v) is 4.18. The Morgan fingerprint density at radius 1 is 1.28 bits per heavy atom. The Balaban J connectivity index is 1.52. The standard InChI is InChI=1S/C18H21N3O4/c22-17(20-8-9-25-16(13-20)10-18(23)24)7-6-14-11-19-21(12-14)15-4-2-1-3-5-15/h1-5,11-12,16H,6-10,13H2,(H,23,24)/t16-/m0/s1. The molecule has 0 bridgehead atoms. The van der Waals surface area contributed by atoms with Gasteiger partial charge in [0.1, 0.15) is 0 Å². The summed E-state index contributed by atoms with van der Waals surface area (Å²) < 4.78 is 7.19. The van der Waals surface area contributed by atoms with Crippen molar-refractivity contribution in [3.8, 4) is 5.69 Å². The number of benzene rings is 1. The summed E-state index contributed by atoms with van der Waals surface area (Å²) in [6.45, 7) is 1.24. The van der Waals surface area contributed by atoms with Crippen LogP contribution in [0.25, 0.3) is 5.69 Å². The largest absolute Gasteiger partial charge is 0.481 e. The number of hydrogen-bond donors (Lipinski definition) is 1. The number of rotatable bonds is 6. The summed E-state index contributed by atoms with van der Waals surface area (Å²) in [6, 6.07) is 9.79. The summed E-state index contributed by atoms with van der Waals surface area (Å²) in [6.07, 6.45) is 4.18. The minimum atomic E-state index is -0.910. The van der Waals surface area contributed by atoms with Gasteiger partial charge in [0.15, 0.2) is 0 Å². The maximum atomic E-state index is 12.4. The molecule has 1 aromatic carbocycles. The van der Waals surface area contributed by atoms with Gasteiger partial charge in [-0.05, 0) is 24.1 Å². The van der Waals surface area contributed by atoms with Gasteiger partial charge in [-0.1, -0.05) is 18.2 Å². The molecule has 7 heteroatoms. The maximum absolute atomic E-state index is 12.4. The first-order valence-electron chi connectivity index (χ1n) is 8.32. The summed E-state index contributed by atoms with van der Waals surface area (Å²) in [7, 11) is 0. The molecule has 7 nitrogen and oxygen atoms in total. The lowest BCUT2D eigenvalue weighted by Gasteiger charge is -2.32. The van der Waals surface area contributed by atoms with Crippen LogP contribution in [0.2, 0.25) is 0 Å². The second-order valence-electron chi connectivity index (χ2n) is 6.06. The highest BCUT2D eigenvalue weighted by Crippen LogP contribution is 2.13. The van der Waals surface area contributed by atoms with Crippen LogP contribution in [-0.2, 0) is 20.7 Å². The fourth-order valence-electron chi connectivity index (χ4n) is 2.88. The van der Waals surface area contributed by atoms with E-state index >= 15 is 0 Å². The maximum Gasteiger partial charge on any atom is 0.306 e. The van der Waals surface area contributed by atoms with Crippen molar-refractivity contribution in [2.24, 2.45) is 0 Å². The molecule has 0 saturated carbocycles. The smallest absolute Gasteiger partial charge is 0.306 e. The van der Waals surface area contributed by atoms with E-state index < -0.39 is 12.1 Å². The van der Waals surface area contributed by atoms with Crippen molar-refractivity contribution in [1.82, 2.24) is 14.7 Å². The van der Waals surface area contributed by atoms with Gasteiger partial charge < -0.3 is 14.7 Å². The molecule has 0 spiro atoms. The van der Waals surface area contributed by atoms with Crippen LogP contribution >= 0.6 is 0 Å². The number of amides is 1. The van der Waals surface area contributed by atoms with Crippen molar-refractivity contribution in [1.29, 1.82) is 0 Å². The molecule has 25 heavy (non-hydrogen) atoms. The Morgan fingerprint density at radius 2 is 2.08 bits per heavy atom. The summed E-state index contributed by atoms with van der Waals surface area (Å²) in [5, 5.41) is 13.2. The van der Waals surface area contributed by atoms with E-state index in [1.54, 1.807) is 15.8 Å². The second-order valence-corrected chi connectivity index (χ2v) is 6.06. The van der Waals surface area contributed by atoms with E-state index in [-0.39, 0.29) is 12.3 Å². The minimum absolute atomic E-state index is 0.0196. The molecule has 1 saturated heterocycles. The van der Waals surface area contributed by atoms with E-state index in [2.05, 4.69) is 5.10 Å². The van der Waals surface area contributed by atoms with Gasteiger partial charge in [-0.15, -0.1) is 0 Å². The number of ether oxygens (including phenoxy) is 1. The van der Waals surface area contributed by atoms with Gasteiger partial charge in [-0.25, -0.2) is 4.68 Å². The number of carbonyl (C=O) groups is 2. The quantitative estimate of drug-likeness (QED) is 0.859. The lowest BCUT2D eigenvalue weighted by atomic mass is 10.1. The Hall–Kier alpha value is -2.67. The summed E-state index contributed by atoms with van der Waals surface area (Å²) in [5.74, 6) is -0.890. The van der Waals surface area contributed by atoms with Crippen molar-refractivity contribution in [3.05, 3.63) is 48.3 Å². The molecule has 2 aromatic rings. The average molecular weight is 343 g/mol. The molecule has 0 unspecified atom stereocenters. The van der Waals surface area contributed by atoms with Crippen LogP contribution in [0.3, 0.4) is 0 Å². The first-order chi connectivity index (χ1) is 12.1. The summed E-state index contributed by atoms with van der Waals surface area (Å²) >= 11 is 0. The number of aryl methyl sites for hydroxylation is 1. The van der Waals surface area contributed by atoms with Gasteiger partial charge in [0, 0.05) is 25.7 Å². The third kappa shape index (κ3) is 4.67. The lowest BCUT2D eigenvalue weighted by Crippen LogP contribution is -2.46. The molecule has 132 valence electrons. The monoisotopic (exact) mass is 343 g/mol. The van der Waals surface area contributed by atoms with Crippen molar-refractivity contribution in [3.63, 3.8) is 0 Å². The molecular weight excluding hydrogens is 322 g/mol. The second kappa shape index (κ2) is 7.94. The van der Waals surface area contributed by atoms with Gasteiger partial charge in [0.2, 0.25) is 5.91 Å². The van der Waals surface area contributed by atoms with Crippen LogP contribution in [0, 0.1) is 0 Å². The van der Waals surface area contributed by atoms with Gasteiger partial charge in [0.05, 0.1) is 31.0 Å². The summed E-state index contributed by atoms with van der Waals surface area (Å²) in [5.41, 5.74) is 1.97. The van der Waals surface area contributed by atoms with Crippen molar-refractivity contribution in [2.45, 2.75) is 25.4 Å². The zero-order valence-electron chi connectivity index (χ0n) is 13.9. The Morgan fingerprint density at radius 3 is 2.84 bits per heavy atom. The minimum Gasteiger partial charge on any atom is -0.481 e. The van der Waals surface area contributed by atoms with Gasteiger partial charge in [-0.2, -0.15) is 5.10 Å². The lowest BCUT2D eigenvalue weighted by molar-refractivity contribution is -0.147. The molecule has 0 radical (unpaired) electrons. The van der Waals surface area contributed by atoms with Crippen molar-refractivity contribution in [2.75, 3.05) is 19.7 Å². The molecule has 2 heterocycles. The Kier molecular flexibility index (Phi) is 5.45. The molecule has 3 rings (SSSR count). The molecule has 1 N–H and O–H groups in total. The zero-order chi connectivity index (χ0) is 17.6. The van der Waals surface area contributed by atoms with Crippen LogP contribution < -0.4 is 0 Å². The number of morpholine rings is 1. The number of para-hydroxylation sites is 1. The molecule has 1 aromatic heterocycles. The molecule has 0 aliphatic carbocycles. The van der Waals surface area contributed by atoms with Crippen LogP contribution in [0.4, 0.5) is 0 Å². The number of carboxylic acid groups (broad SMARTS) is 1. The van der Waals surface area contributed by atoms with Crippen molar-refractivity contribution < 1.29 is 19.4 Å². The van der Waals surface area contributed by atoms with Crippen LogP contribution in [0.5, 0.6) is 0 Å². The van der Waals surface area contributed by atoms with Crippen LogP contribution in [0.15, 0.2) is 42.7 Å². The topological polar surface area (TPSA) is 84.7 Å². The van der Waals surface area contributed by atoms with E-state index in [1.807, 2.05) is 36.5 Å². The van der Waals surface area contributed by atoms with Gasteiger partial charge in [-0.3, -0.25) is 9.59 Å². The Labute approximate surface area is 145 Å². The van der Waals surface area contributed by atoms with Gasteiger partial charge in [0.25, 0.3) is 0 Å². The highest BCUT2D eigenvalue weighted by atomic mass is 16.5. The van der Waals surface area contributed by atoms with E-state index in [0.717, 1.165) is 11.3 Å². The van der Waals surface area contributed by atoms with Crippen LogP contribution in [-0.4, -0.2) is 57.5 Å². The number of nitrogens with zero attached hydrogens (tertiary/aromatic N) is 3. The van der Waals surface area contributed by atoms with E-state index in [0.29, 0.717) is 32.5 Å². The number of aromatic nitrogens is 2. The fraction of sp³-hybridized carbons (Fsp3) is 0.389. The fourth-order valence-corrected chi connectivity index (χ4v) is 2.88. The molecule has 1 fully saturated rings. The normalized spacial score (nSPS) is 17.4. The zero-order valence-corrected chi connectivity index (χ0v) is 13.9. The molecular formula is C18H21N3O4. The predicted octanol–water partition coefficient (Wildman–Crippen LogP) is 1.51. The van der Waals surface area contributed by atoms with Gasteiger partial charge >= 0.3 is 5.97 Å². The van der Waals surface area contributed by atoms with E-state index in [9.17, 15) is 9.59 Å². The highest BCUT2D eigenvalue weighted by Gasteiger charge is 2.25. The molecule has 1 atom stereocenters. The first kappa shape index (κ1) is 17.2. The van der Waals surface area contributed by atoms with E-state index in [4.69, 9.17) is 9.84 Å². The van der Waals surface area contributed by atoms with E-state index in [1.165, 1.54) is 0 Å². The molecule has 1 aliphatic heterocycles. The SMILES string of the molecule is O=C(O)C[C@H]1CN(C(=O)CCc2cnn(-c3ccccc3)c2)CCO1. The Bertz CT molecular complexity index is 729. The van der Waals surface area contributed by atoms with Crippen LogP contribution in [0.1, 0.15) is 18.4 Å². The predicted molar refractivity (Wildman–Crippen MR) is 90.5 cm³/mol. The third-order valence-electron chi connectivity index (χ3n) is 4.18. The average Bonchev–Trinajstić information content (AvgIpc) is 3.09. The number of aliphatic carboxylic acids is 1. The number of hydrogen-bond acceptors (Lipinski definition) is 4. The first-order valence-corrected chi connectivity index (χ1v) is 8.32. The number of carbonyl (C=O) groups excluding carboxylic acids is 1. The molecule has 1 amide bonds. The number of carboxylic acids is 1. The highest BCUT2D eigenvalue weighted by molar-refractivity contribution is 5.76. The summed E-state index contributed by atoms with van der Waals surface area (Å²) in [4.78, 5) is 24.8. The van der Waals surface area contributed by atoms with Crippen molar-refractivity contribution >= 4 is 11.9 Å².